The van der Waals surface area contributed by atoms with Gasteiger partial charge in [-0.05, 0) is 76.3 Å². The molecule has 0 nitrogen and oxygen atoms in total. The Balaban J connectivity index is 0.000000160. The fourth-order valence-electron chi connectivity index (χ4n) is 9.56. The maximum absolute atomic E-state index is 4.93. The smallest absolute Gasteiger partial charge is 0.0920 e. The van der Waals surface area contributed by atoms with Gasteiger partial charge in [-0.2, -0.15) is 41.6 Å². The molecular formula is C60H65Cl2SiZr-3. The number of halogens is 2. The van der Waals surface area contributed by atoms with E-state index in [1.807, 2.05) is 6.07 Å². The third kappa shape index (κ3) is 12.8. The van der Waals surface area contributed by atoms with Crippen molar-refractivity contribution in [3.63, 3.8) is 0 Å². The number of hydrogen-bond donors (Lipinski definition) is 0. The number of rotatable bonds is 10. The topological polar surface area (TPSA) is 0 Å². The van der Waals surface area contributed by atoms with Crippen LogP contribution in [0.3, 0.4) is 0 Å². The van der Waals surface area contributed by atoms with Crippen molar-refractivity contribution in [2.75, 3.05) is 0 Å². The van der Waals surface area contributed by atoms with Crippen LogP contribution in [0.15, 0.2) is 127 Å². The Bertz CT molecular complexity index is 2550. The van der Waals surface area contributed by atoms with Crippen LogP contribution >= 0.6 is 17.0 Å². The van der Waals surface area contributed by atoms with Gasteiger partial charge < -0.3 is 0 Å². The molecule has 0 atom stereocenters. The summed E-state index contributed by atoms with van der Waals surface area (Å²) in [6.45, 7) is 22.5. The largest absolute Gasteiger partial charge is 0.184 e. The Kier molecular flexibility index (Phi) is 18.3. The van der Waals surface area contributed by atoms with Gasteiger partial charge in [0.15, 0.2) is 0 Å². The van der Waals surface area contributed by atoms with Crippen molar-refractivity contribution in [2.45, 2.75) is 108 Å². The second-order valence-electron chi connectivity index (χ2n) is 18.6. The van der Waals surface area contributed by atoms with Crippen LogP contribution in [-0.4, -0.2) is 9.52 Å². The molecule has 0 saturated heterocycles. The van der Waals surface area contributed by atoms with Crippen LogP contribution in [0, 0.1) is 45.6 Å². The van der Waals surface area contributed by atoms with Crippen molar-refractivity contribution < 1.29 is 20.8 Å². The first-order valence-electron chi connectivity index (χ1n) is 23.2. The molecule has 0 aliphatic carbocycles. The fraction of sp³-hybridized carbons (Fsp3) is 0.300. The van der Waals surface area contributed by atoms with E-state index in [0.717, 1.165) is 35.2 Å². The molecule has 9 rings (SSSR count). The van der Waals surface area contributed by atoms with Gasteiger partial charge in [0, 0.05) is 0 Å². The van der Waals surface area contributed by atoms with E-state index in [-0.39, 0.29) is 0 Å². The third-order valence-electron chi connectivity index (χ3n) is 11.8. The minimum Gasteiger partial charge on any atom is -0.184 e. The van der Waals surface area contributed by atoms with E-state index in [4.69, 9.17) is 17.0 Å². The first-order chi connectivity index (χ1) is 30.8. The van der Waals surface area contributed by atoms with Gasteiger partial charge in [-0.15, -0.1) is 74.6 Å². The van der Waals surface area contributed by atoms with Gasteiger partial charge in [-0.25, -0.2) is 0 Å². The van der Waals surface area contributed by atoms with Crippen molar-refractivity contribution in [2.24, 2.45) is 11.8 Å². The molecule has 0 aromatic heterocycles. The van der Waals surface area contributed by atoms with Crippen molar-refractivity contribution in [3.8, 4) is 33.4 Å². The SMILES string of the molecule is CCCc1ccc2[cH-]c(CC(C)C)cc2c1-c1cc(C)cc(C)c1.CCCc1ccc2[cH-]c(CC(C)C)cc2c1-c1cc(C)cc(C)c1.[Cl][Zr][Cl].[c-]1cccc2c1[Si]c1ccccc1-2. The van der Waals surface area contributed by atoms with Gasteiger partial charge in [0.2, 0.25) is 0 Å². The predicted molar refractivity (Wildman–Crippen MR) is 281 cm³/mol. The zero-order chi connectivity index (χ0) is 45.9. The molecule has 330 valence electrons. The molecule has 0 fully saturated rings. The van der Waals surface area contributed by atoms with E-state index in [0.29, 0.717) is 11.8 Å². The Labute approximate surface area is 407 Å². The van der Waals surface area contributed by atoms with E-state index in [2.05, 4.69) is 197 Å². The molecule has 8 aromatic rings. The first-order valence-corrected chi connectivity index (χ1v) is 30.6. The average molecular weight is 976 g/mol. The zero-order valence-corrected chi connectivity index (χ0v) is 44.7. The van der Waals surface area contributed by atoms with Gasteiger partial charge in [0.05, 0.1) is 9.52 Å². The molecule has 0 amide bonds. The van der Waals surface area contributed by atoms with E-state index >= 15 is 0 Å². The summed E-state index contributed by atoms with van der Waals surface area (Å²) in [5.41, 5.74) is 19.7. The number of fused-ring (bicyclic) bond motifs is 5. The van der Waals surface area contributed by atoms with Crippen LogP contribution in [0.1, 0.15) is 98.9 Å². The predicted octanol–water partition coefficient (Wildman–Crippen LogP) is 16.5. The molecule has 0 unspecified atom stereocenters. The van der Waals surface area contributed by atoms with Gasteiger partial charge >= 0.3 is 37.9 Å². The van der Waals surface area contributed by atoms with Gasteiger partial charge in [-0.1, -0.05) is 170 Å². The molecule has 0 bridgehead atoms. The summed E-state index contributed by atoms with van der Waals surface area (Å²) < 4.78 is 0. The van der Waals surface area contributed by atoms with E-state index in [1.54, 1.807) is 0 Å². The Hall–Kier alpha value is -3.78. The van der Waals surface area contributed by atoms with Crippen molar-refractivity contribution >= 4 is 58.5 Å². The molecule has 1 aliphatic heterocycles. The standard InChI is InChI=1S/2C24H29.C12H7Si.2ClH.Zr/c2*1-6-7-20-8-9-21-14-19(10-16(2)3)15-23(21)24(20)22-12-17(4)11-18(5)13-22;1-3-7-11-9(5-1)10-6-2-4-8-12(10)13-11;;;/h2*8-9,11-16H,6-7,10H2,1-5H3;1-7H;2*1H;/q3*-1;;;+2/p-2. The summed E-state index contributed by atoms with van der Waals surface area (Å²) in [5.74, 6) is 1.39. The van der Waals surface area contributed by atoms with E-state index in [9.17, 15) is 0 Å². The Morgan fingerprint density at radius 1 is 0.562 bits per heavy atom. The third-order valence-corrected chi connectivity index (χ3v) is 13.1. The van der Waals surface area contributed by atoms with Gasteiger partial charge in [0.25, 0.3) is 0 Å². The maximum atomic E-state index is 4.93. The molecule has 8 aromatic carbocycles. The molecule has 4 heteroatoms. The summed E-state index contributed by atoms with van der Waals surface area (Å²) >= 11 is -0.826. The monoisotopic (exact) mass is 973 g/mol. The average Bonchev–Trinajstić information content (AvgIpc) is 3.95. The normalized spacial score (nSPS) is 11.4. The number of aryl methyl sites for hydroxylation is 6. The molecular weight excluding hydrogens is 911 g/mol. The zero-order valence-electron chi connectivity index (χ0n) is 39.8. The summed E-state index contributed by atoms with van der Waals surface area (Å²) in [5, 5.41) is 8.46. The molecule has 2 radical (unpaired) electrons. The molecule has 1 aliphatic rings. The second kappa shape index (κ2) is 23.6. The van der Waals surface area contributed by atoms with Crippen molar-refractivity contribution in [1.82, 2.24) is 0 Å². The Morgan fingerprint density at radius 2 is 1.00 bits per heavy atom. The Morgan fingerprint density at radius 3 is 1.44 bits per heavy atom. The van der Waals surface area contributed by atoms with Crippen LogP contribution in [0.2, 0.25) is 0 Å². The number of benzene rings is 6. The molecule has 1 heterocycles. The minimum absolute atomic E-state index is 0.696. The first kappa shape index (κ1) is 49.6. The summed E-state index contributed by atoms with van der Waals surface area (Å²) in [6, 6.07) is 51.0. The van der Waals surface area contributed by atoms with Crippen LogP contribution in [-0.2, 0) is 46.5 Å². The quantitative estimate of drug-likeness (QED) is 0.0946. The molecule has 64 heavy (non-hydrogen) atoms. The molecule has 0 spiro atoms. The fourth-order valence-corrected chi connectivity index (χ4v) is 10.9. The maximum Gasteiger partial charge on any atom is 0.0920 e. The van der Waals surface area contributed by atoms with Gasteiger partial charge in [-0.3, -0.25) is 0 Å². The summed E-state index contributed by atoms with van der Waals surface area (Å²) in [6.07, 6.45) is 6.96. The van der Waals surface area contributed by atoms with Crippen LogP contribution in [0.25, 0.3) is 54.9 Å². The molecule has 0 N–H and O–H groups in total. The number of hydrogen-bond acceptors (Lipinski definition) is 0. The van der Waals surface area contributed by atoms with Crippen LogP contribution in [0.4, 0.5) is 0 Å². The van der Waals surface area contributed by atoms with Crippen LogP contribution in [0.5, 0.6) is 0 Å². The second-order valence-corrected chi connectivity index (χ2v) is 23.6. The van der Waals surface area contributed by atoms with Crippen LogP contribution < -0.4 is 10.4 Å². The summed E-state index contributed by atoms with van der Waals surface area (Å²) in [7, 11) is 10.7. The van der Waals surface area contributed by atoms with E-state index < -0.39 is 20.8 Å². The van der Waals surface area contributed by atoms with Crippen molar-refractivity contribution in [1.29, 1.82) is 0 Å². The summed E-state index contributed by atoms with van der Waals surface area (Å²) in [4.78, 5) is 0. The van der Waals surface area contributed by atoms with Gasteiger partial charge in [0.1, 0.15) is 0 Å². The molecule has 0 saturated carbocycles. The minimum atomic E-state index is -0.826. The van der Waals surface area contributed by atoms with E-state index in [1.165, 1.54) is 123 Å². The van der Waals surface area contributed by atoms with Crippen molar-refractivity contribution in [3.05, 3.63) is 178 Å².